The van der Waals surface area contributed by atoms with E-state index in [9.17, 15) is 5.11 Å². The molecule has 1 heteroatoms. The second kappa shape index (κ2) is 2.91. The second-order valence-corrected chi connectivity index (χ2v) is 3.79. The summed E-state index contributed by atoms with van der Waals surface area (Å²) in [5.74, 6) is 0.525. The molecule has 0 saturated heterocycles. The van der Waals surface area contributed by atoms with Gasteiger partial charge in [-0.2, -0.15) is 0 Å². The SMILES string of the molecule is CC(C)(O)C1CC[CH]CC1. The van der Waals surface area contributed by atoms with Crippen LogP contribution in [-0.4, -0.2) is 10.7 Å². The highest BCUT2D eigenvalue weighted by molar-refractivity contribution is 4.85. The number of rotatable bonds is 1. The Morgan fingerprint density at radius 1 is 1.30 bits per heavy atom. The Bertz CT molecular complexity index is 95.8. The summed E-state index contributed by atoms with van der Waals surface area (Å²) in [5.41, 5.74) is -0.450. The summed E-state index contributed by atoms with van der Waals surface area (Å²) < 4.78 is 0. The average molecular weight is 141 g/mol. The highest BCUT2D eigenvalue weighted by Gasteiger charge is 2.27. The molecular weight excluding hydrogens is 124 g/mol. The molecule has 0 aromatic heterocycles. The first kappa shape index (κ1) is 8.06. The van der Waals surface area contributed by atoms with Gasteiger partial charge in [0.05, 0.1) is 5.60 Å². The van der Waals surface area contributed by atoms with Crippen LogP contribution in [0.5, 0.6) is 0 Å². The maximum atomic E-state index is 9.63. The summed E-state index contributed by atoms with van der Waals surface area (Å²) in [5, 5.41) is 9.63. The summed E-state index contributed by atoms with van der Waals surface area (Å²) >= 11 is 0. The molecule has 0 atom stereocenters. The standard InChI is InChI=1S/C9H17O/c1-9(2,10)8-6-4-3-5-7-8/h3,8,10H,4-7H2,1-2H3. The monoisotopic (exact) mass is 141 g/mol. The van der Waals surface area contributed by atoms with Gasteiger partial charge < -0.3 is 5.11 Å². The maximum Gasteiger partial charge on any atom is 0.0619 e. The summed E-state index contributed by atoms with van der Waals surface area (Å²) in [6.45, 7) is 3.84. The van der Waals surface area contributed by atoms with Crippen molar-refractivity contribution in [1.82, 2.24) is 0 Å². The van der Waals surface area contributed by atoms with Crippen LogP contribution in [0.2, 0.25) is 0 Å². The van der Waals surface area contributed by atoms with Gasteiger partial charge in [0, 0.05) is 0 Å². The van der Waals surface area contributed by atoms with E-state index in [1.165, 1.54) is 25.7 Å². The Hall–Kier alpha value is -0.0400. The minimum Gasteiger partial charge on any atom is -0.390 e. The molecular formula is C9H17O. The third-order valence-corrected chi connectivity index (χ3v) is 2.44. The minimum absolute atomic E-state index is 0.450. The zero-order valence-corrected chi connectivity index (χ0v) is 6.93. The maximum absolute atomic E-state index is 9.63. The lowest BCUT2D eigenvalue weighted by atomic mass is 9.79. The fraction of sp³-hybridized carbons (Fsp3) is 0.889. The summed E-state index contributed by atoms with van der Waals surface area (Å²) in [4.78, 5) is 0. The van der Waals surface area contributed by atoms with Crippen LogP contribution in [0, 0.1) is 12.3 Å². The second-order valence-electron chi connectivity index (χ2n) is 3.79. The van der Waals surface area contributed by atoms with E-state index in [1.54, 1.807) is 0 Å². The molecule has 10 heavy (non-hydrogen) atoms. The molecule has 0 aromatic rings. The van der Waals surface area contributed by atoms with Gasteiger partial charge in [0.1, 0.15) is 0 Å². The molecule has 1 N–H and O–H groups in total. The first-order valence-electron chi connectivity index (χ1n) is 4.15. The fourth-order valence-corrected chi connectivity index (χ4v) is 1.63. The van der Waals surface area contributed by atoms with Gasteiger partial charge in [0.15, 0.2) is 0 Å². The van der Waals surface area contributed by atoms with Gasteiger partial charge in [-0.1, -0.05) is 0 Å². The highest BCUT2D eigenvalue weighted by atomic mass is 16.3. The van der Waals surface area contributed by atoms with E-state index in [0.717, 1.165) is 0 Å². The molecule has 0 aromatic carbocycles. The lowest BCUT2D eigenvalue weighted by Crippen LogP contribution is -2.32. The molecule has 59 valence electrons. The third kappa shape index (κ3) is 1.98. The number of hydrogen-bond acceptors (Lipinski definition) is 1. The van der Waals surface area contributed by atoms with Gasteiger partial charge in [-0.25, -0.2) is 0 Å². The Morgan fingerprint density at radius 2 is 1.80 bits per heavy atom. The van der Waals surface area contributed by atoms with Crippen LogP contribution in [0.15, 0.2) is 0 Å². The molecule has 1 rings (SSSR count). The lowest BCUT2D eigenvalue weighted by molar-refractivity contribution is 0.00501. The minimum atomic E-state index is -0.450. The molecule has 0 aliphatic heterocycles. The van der Waals surface area contributed by atoms with E-state index in [2.05, 4.69) is 6.42 Å². The van der Waals surface area contributed by atoms with Gasteiger partial charge in [-0.3, -0.25) is 0 Å². The molecule has 1 saturated carbocycles. The van der Waals surface area contributed by atoms with E-state index in [4.69, 9.17) is 0 Å². The molecule has 1 aliphatic rings. The van der Waals surface area contributed by atoms with E-state index in [1.807, 2.05) is 13.8 Å². The van der Waals surface area contributed by atoms with Crippen molar-refractivity contribution in [2.75, 3.05) is 0 Å². The van der Waals surface area contributed by atoms with Gasteiger partial charge in [0.2, 0.25) is 0 Å². The Balaban J connectivity index is 2.39. The molecule has 0 bridgehead atoms. The van der Waals surface area contributed by atoms with E-state index in [-0.39, 0.29) is 0 Å². The number of aliphatic hydroxyl groups is 1. The highest BCUT2D eigenvalue weighted by Crippen LogP contribution is 2.31. The van der Waals surface area contributed by atoms with Crippen molar-refractivity contribution in [2.24, 2.45) is 5.92 Å². The molecule has 1 fully saturated rings. The Morgan fingerprint density at radius 3 is 2.10 bits per heavy atom. The smallest absolute Gasteiger partial charge is 0.0619 e. The predicted molar refractivity (Wildman–Crippen MR) is 42.6 cm³/mol. The van der Waals surface area contributed by atoms with Crippen molar-refractivity contribution < 1.29 is 5.11 Å². The van der Waals surface area contributed by atoms with E-state index < -0.39 is 5.60 Å². The average Bonchev–Trinajstić information content (AvgIpc) is 1.88. The van der Waals surface area contributed by atoms with E-state index in [0.29, 0.717) is 5.92 Å². The van der Waals surface area contributed by atoms with Crippen molar-refractivity contribution in [3.05, 3.63) is 6.42 Å². The van der Waals surface area contributed by atoms with Crippen molar-refractivity contribution in [1.29, 1.82) is 0 Å². The van der Waals surface area contributed by atoms with Crippen LogP contribution in [0.4, 0.5) is 0 Å². The first-order valence-corrected chi connectivity index (χ1v) is 4.15. The first-order chi connectivity index (χ1) is 4.61. The largest absolute Gasteiger partial charge is 0.390 e. The summed E-state index contributed by atoms with van der Waals surface area (Å²) in [6, 6.07) is 0. The predicted octanol–water partition coefficient (Wildman–Crippen LogP) is 2.15. The molecule has 1 radical (unpaired) electrons. The third-order valence-electron chi connectivity index (χ3n) is 2.44. The normalized spacial score (nSPS) is 23.1. The quantitative estimate of drug-likeness (QED) is 0.593. The van der Waals surface area contributed by atoms with Crippen molar-refractivity contribution >= 4 is 0 Å². The Kier molecular flexibility index (Phi) is 2.35. The lowest BCUT2D eigenvalue weighted by Gasteiger charge is -2.32. The van der Waals surface area contributed by atoms with Crippen LogP contribution >= 0.6 is 0 Å². The zero-order chi connectivity index (χ0) is 7.61. The zero-order valence-electron chi connectivity index (χ0n) is 6.93. The van der Waals surface area contributed by atoms with Crippen molar-refractivity contribution in [3.63, 3.8) is 0 Å². The van der Waals surface area contributed by atoms with Crippen molar-refractivity contribution in [3.8, 4) is 0 Å². The molecule has 1 nitrogen and oxygen atoms in total. The molecule has 0 heterocycles. The Labute approximate surface area is 63.4 Å². The molecule has 0 unspecified atom stereocenters. The molecule has 0 amide bonds. The molecule has 0 spiro atoms. The van der Waals surface area contributed by atoms with Gasteiger partial charge >= 0.3 is 0 Å². The van der Waals surface area contributed by atoms with Gasteiger partial charge in [-0.05, 0) is 51.9 Å². The van der Waals surface area contributed by atoms with Crippen LogP contribution in [0.3, 0.4) is 0 Å². The summed E-state index contributed by atoms with van der Waals surface area (Å²) in [6.07, 6.45) is 7.04. The van der Waals surface area contributed by atoms with Crippen LogP contribution in [-0.2, 0) is 0 Å². The number of hydrogen-bond donors (Lipinski definition) is 1. The molecule has 1 aliphatic carbocycles. The topological polar surface area (TPSA) is 20.2 Å². The van der Waals surface area contributed by atoms with Crippen LogP contribution < -0.4 is 0 Å². The van der Waals surface area contributed by atoms with Crippen LogP contribution in [0.25, 0.3) is 0 Å². The van der Waals surface area contributed by atoms with Crippen molar-refractivity contribution in [2.45, 2.75) is 45.1 Å². The van der Waals surface area contributed by atoms with Gasteiger partial charge in [0.25, 0.3) is 0 Å². The van der Waals surface area contributed by atoms with Gasteiger partial charge in [-0.15, -0.1) is 0 Å². The van der Waals surface area contributed by atoms with E-state index >= 15 is 0 Å². The van der Waals surface area contributed by atoms with Crippen LogP contribution in [0.1, 0.15) is 39.5 Å². The fourth-order valence-electron chi connectivity index (χ4n) is 1.63. The summed E-state index contributed by atoms with van der Waals surface area (Å²) in [7, 11) is 0.